The van der Waals surface area contributed by atoms with E-state index in [2.05, 4.69) is 25.7 Å². The van der Waals surface area contributed by atoms with Crippen LogP contribution in [-0.4, -0.2) is 44.5 Å². The number of furan rings is 1. The van der Waals surface area contributed by atoms with E-state index in [1.165, 1.54) is 10.8 Å². The molecule has 2 N–H and O–H groups in total. The minimum Gasteiger partial charge on any atom is -0.459 e. The second-order valence-corrected chi connectivity index (χ2v) is 5.18. The van der Waals surface area contributed by atoms with Crippen molar-refractivity contribution in [3.05, 3.63) is 47.4 Å². The predicted octanol–water partition coefficient (Wildman–Crippen LogP) is 0.494. The van der Waals surface area contributed by atoms with Gasteiger partial charge in [0.25, 0.3) is 17.6 Å². The van der Waals surface area contributed by atoms with Gasteiger partial charge in [-0.05, 0) is 32.0 Å². The summed E-state index contributed by atoms with van der Waals surface area (Å²) in [5, 5.41) is 9.41. The van der Waals surface area contributed by atoms with Gasteiger partial charge in [-0.15, -0.1) is 5.10 Å². The van der Waals surface area contributed by atoms with Gasteiger partial charge in [-0.2, -0.15) is 4.98 Å². The predicted molar refractivity (Wildman–Crippen MR) is 83.6 cm³/mol. The summed E-state index contributed by atoms with van der Waals surface area (Å²) in [5.74, 6) is -0.127. The SMILES string of the molecule is Cc1cc(C)n2nc(C(=O)NCCNC(=O)c3ccco3)nc2n1. The van der Waals surface area contributed by atoms with E-state index in [1.54, 1.807) is 12.1 Å². The molecule has 0 spiro atoms. The maximum absolute atomic E-state index is 12.1. The summed E-state index contributed by atoms with van der Waals surface area (Å²) in [6.45, 7) is 4.21. The Balaban J connectivity index is 1.55. The molecule has 0 atom stereocenters. The second-order valence-electron chi connectivity index (χ2n) is 5.18. The molecule has 0 saturated heterocycles. The minimum absolute atomic E-state index is 0.0357. The van der Waals surface area contributed by atoms with Gasteiger partial charge in [0.05, 0.1) is 6.26 Å². The van der Waals surface area contributed by atoms with Gasteiger partial charge in [0.15, 0.2) is 5.76 Å². The Labute approximate surface area is 137 Å². The van der Waals surface area contributed by atoms with Gasteiger partial charge >= 0.3 is 0 Å². The summed E-state index contributed by atoms with van der Waals surface area (Å²) >= 11 is 0. The van der Waals surface area contributed by atoms with Crippen molar-refractivity contribution in [2.75, 3.05) is 13.1 Å². The minimum atomic E-state index is -0.426. The Kier molecular flexibility index (Phi) is 4.23. The number of aryl methyl sites for hydroxylation is 2. The summed E-state index contributed by atoms with van der Waals surface area (Å²) in [6.07, 6.45) is 1.42. The van der Waals surface area contributed by atoms with Crippen LogP contribution < -0.4 is 10.6 Å². The first kappa shape index (κ1) is 15.7. The van der Waals surface area contributed by atoms with E-state index < -0.39 is 5.91 Å². The van der Waals surface area contributed by atoms with E-state index in [0.717, 1.165) is 11.4 Å². The lowest BCUT2D eigenvalue weighted by Gasteiger charge is -2.04. The van der Waals surface area contributed by atoms with Crippen LogP contribution in [0, 0.1) is 13.8 Å². The molecular formula is C15H16N6O3. The van der Waals surface area contributed by atoms with Crippen molar-refractivity contribution in [1.29, 1.82) is 0 Å². The highest BCUT2D eigenvalue weighted by molar-refractivity contribution is 5.92. The van der Waals surface area contributed by atoms with Crippen molar-refractivity contribution < 1.29 is 14.0 Å². The van der Waals surface area contributed by atoms with Gasteiger partial charge in [0, 0.05) is 24.5 Å². The van der Waals surface area contributed by atoms with Crippen LogP contribution in [0.4, 0.5) is 0 Å². The van der Waals surface area contributed by atoms with Gasteiger partial charge in [0.2, 0.25) is 5.82 Å². The third kappa shape index (κ3) is 3.24. The molecule has 124 valence electrons. The maximum Gasteiger partial charge on any atom is 0.291 e. The lowest BCUT2D eigenvalue weighted by Crippen LogP contribution is -2.35. The second kappa shape index (κ2) is 6.49. The van der Waals surface area contributed by atoms with Crippen LogP contribution in [0.1, 0.15) is 32.6 Å². The highest BCUT2D eigenvalue weighted by Crippen LogP contribution is 2.05. The maximum atomic E-state index is 12.1. The summed E-state index contributed by atoms with van der Waals surface area (Å²) < 4.78 is 6.48. The van der Waals surface area contributed by atoms with Crippen molar-refractivity contribution >= 4 is 17.6 Å². The molecule has 3 aromatic rings. The molecule has 0 fully saturated rings. The van der Waals surface area contributed by atoms with Crippen LogP contribution in [0.15, 0.2) is 28.9 Å². The van der Waals surface area contributed by atoms with E-state index in [-0.39, 0.29) is 30.6 Å². The molecule has 3 aromatic heterocycles. The van der Waals surface area contributed by atoms with Crippen molar-refractivity contribution in [3.8, 4) is 0 Å². The molecule has 0 bridgehead atoms. The van der Waals surface area contributed by atoms with E-state index in [4.69, 9.17) is 4.42 Å². The summed E-state index contributed by atoms with van der Waals surface area (Å²) in [7, 11) is 0. The molecule has 0 aliphatic carbocycles. The fourth-order valence-electron chi connectivity index (χ4n) is 2.19. The van der Waals surface area contributed by atoms with Crippen LogP contribution in [0.25, 0.3) is 5.78 Å². The molecule has 0 saturated carbocycles. The smallest absolute Gasteiger partial charge is 0.291 e. The van der Waals surface area contributed by atoms with Gasteiger partial charge in [-0.25, -0.2) is 9.50 Å². The van der Waals surface area contributed by atoms with Gasteiger partial charge in [-0.3, -0.25) is 9.59 Å². The first-order chi connectivity index (χ1) is 11.5. The van der Waals surface area contributed by atoms with Crippen LogP contribution in [-0.2, 0) is 0 Å². The lowest BCUT2D eigenvalue weighted by atomic mass is 10.4. The van der Waals surface area contributed by atoms with E-state index in [1.807, 2.05) is 19.9 Å². The summed E-state index contributed by atoms with van der Waals surface area (Å²) in [6, 6.07) is 5.04. The van der Waals surface area contributed by atoms with Gasteiger partial charge in [-0.1, -0.05) is 0 Å². The van der Waals surface area contributed by atoms with Crippen molar-refractivity contribution in [2.45, 2.75) is 13.8 Å². The molecule has 0 radical (unpaired) electrons. The molecule has 2 amide bonds. The molecule has 9 nitrogen and oxygen atoms in total. The number of nitrogens with one attached hydrogen (secondary N) is 2. The number of amides is 2. The quantitative estimate of drug-likeness (QED) is 0.659. The zero-order valence-corrected chi connectivity index (χ0v) is 13.2. The average Bonchev–Trinajstić information content (AvgIpc) is 3.20. The molecule has 24 heavy (non-hydrogen) atoms. The molecular weight excluding hydrogens is 312 g/mol. The fourth-order valence-corrected chi connectivity index (χ4v) is 2.19. The number of rotatable bonds is 5. The van der Waals surface area contributed by atoms with E-state index >= 15 is 0 Å². The Morgan fingerprint density at radius 3 is 2.62 bits per heavy atom. The summed E-state index contributed by atoms with van der Waals surface area (Å²) in [4.78, 5) is 32.1. The Hall–Kier alpha value is -3.23. The van der Waals surface area contributed by atoms with Gasteiger partial charge < -0.3 is 15.1 Å². The van der Waals surface area contributed by atoms with Crippen LogP contribution in [0.3, 0.4) is 0 Å². The lowest BCUT2D eigenvalue weighted by molar-refractivity contribution is 0.0907. The topological polar surface area (TPSA) is 114 Å². The van der Waals surface area contributed by atoms with Crippen molar-refractivity contribution in [1.82, 2.24) is 30.2 Å². The van der Waals surface area contributed by atoms with E-state index in [9.17, 15) is 9.59 Å². The number of nitrogens with zero attached hydrogens (tertiary/aromatic N) is 4. The van der Waals surface area contributed by atoms with Crippen LogP contribution in [0.2, 0.25) is 0 Å². The zero-order valence-electron chi connectivity index (χ0n) is 13.2. The molecule has 0 aromatic carbocycles. The highest BCUT2D eigenvalue weighted by atomic mass is 16.3. The Bertz CT molecular complexity index is 884. The monoisotopic (exact) mass is 328 g/mol. The molecule has 0 aliphatic rings. The first-order valence-electron chi connectivity index (χ1n) is 7.35. The first-order valence-corrected chi connectivity index (χ1v) is 7.35. The number of carbonyl (C=O) groups is 2. The zero-order chi connectivity index (χ0) is 17.1. The fraction of sp³-hybridized carbons (Fsp3) is 0.267. The molecule has 0 unspecified atom stereocenters. The highest BCUT2D eigenvalue weighted by Gasteiger charge is 2.14. The third-order valence-corrected chi connectivity index (χ3v) is 3.26. The largest absolute Gasteiger partial charge is 0.459 e. The molecule has 9 heteroatoms. The summed E-state index contributed by atoms with van der Waals surface area (Å²) in [5.41, 5.74) is 1.65. The van der Waals surface area contributed by atoms with Crippen molar-refractivity contribution in [3.63, 3.8) is 0 Å². The Morgan fingerprint density at radius 2 is 1.92 bits per heavy atom. The molecule has 3 rings (SSSR count). The number of carbonyl (C=O) groups excluding carboxylic acids is 2. The number of aromatic nitrogens is 4. The normalized spacial score (nSPS) is 10.8. The van der Waals surface area contributed by atoms with Crippen LogP contribution in [0.5, 0.6) is 0 Å². The molecule has 0 aliphatic heterocycles. The number of hydrogen-bond acceptors (Lipinski definition) is 6. The Morgan fingerprint density at radius 1 is 1.17 bits per heavy atom. The van der Waals surface area contributed by atoms with Crippen LogP contribution >= 0.6 is 0 Å². The van der Waals surface area contributed by atoms with Gasteiger partial charge in [0.1, 0.15) is 0 Å². The van der Waals surface area contributed by atoms with Crippen molar-refractivity contribution in [2.24, 2.45) is 0 Å². The molecule has 3 heterocycles. The number of hydrogen-bond donors (Lipinski definition) is 2. The van der Waals surface area contributed by atoms with E-state index in [0.29, 0.717) is 5.78 Å². The number of fused-ring (bicyclic) bond motifs is 1. The third-order valence-electron chi connectivity index (χ3n) is 3.26. The average molecular weight is 328 g/mol. The standard InChI is InChI=1S/C15H16N6O3/c1-9-8-10(2)21-15(18-9)19-12(20-21)14(23)17-6-5-16-13(22)11-4-3-7-24-11/h3-4,7-8H,5-6H2,1-2H3,(H,16,22)(H,17,23).